The number of aryl methyl sites for hydroxylation is 1. The molecule has 8 heteroatoms. The summed E-state index contributed by atoms with van der Waals surface area (Å²) in [5, 5.41) is 3.93. The van der Waals surface area contributed by atoms with Crippen molar-refractivity contribution in [2.75, 3.05) is 10.5 Å². The van der Waals surface area contributed by atoms with Crippen molar-refractivity contribution in [3.8, 4) is 0 Å². The highest BCUT2D eigenvalue weighted by Crippen LogP contribution is 2.21. The van der Waals surface area contributed by atoms with Crippen LogP contribution in [0.4, 0.5) is 10.7 Å². The van der Waals surface area contributed by atoms with E-state index < -0.39 is 10.0 Å². The van der Waals surface area contributed by atoms with Crippen LogP contribution in [-0.4, -0.2) is 18.0 Å². The summed E-state index contributed by atoms with van der Waals surface area (Å²) in [5.74, 6) is 0. The summed E-state index contributed by atoms with van der Waals surface area (Å²) in [6, 6.07) is 4.70. The van der Waals surface area contributed by atoms with Crippen molar-refractivity contribution in [1.82, 2.24) is 9.59 Å². The van der Waals surface area contributed by atoms with E-state index in [0.717, 1.165) is 23.5 Å². The highest BCUT2D eigenvalue weighted by atomic mass is 32.2. The Balaban J connectivity index is 2.33. The van der Waals surface area contributed by atoms with Gasteiger partial charge in [-0.15, -0.1) is 5.10 Å². The molecule has 18 heavy (non-hydrogen) atoms. The zero-order valence-electron chi connectivity index (χ0n) is 9.62. The van der Waals surface area contributed by atoms with E-state index in [4.69, 9.17) is 5.73 Å². The molecule has 0 aliphatic heterocycles. The van der Waals surface area contributed by atoms with E-state index in [2.05, 4.69) is 14.3 Å². The van der Waals surface area contributed by atoms with Crippen LogP contribution in [0, 0.1) is 0 Å². The summed E-state index contributed by atoms with van der Waals surface area (Å²) >= 11 is 0.974. The van der Waals surface area contributed by atoms with Gasteiger partial charge in [-0.05, 0) is 24.1 Å². The van der Waals surface area contributed by atoms with Gasteiger partial charge in [0.2, 0.25) is 0 Å². The molecule has 96 valence electrons. The van der Waals surface area contributed by atoms with Gasteiger partial charge in [-0.3, -0.25) is 4.72 Å². The van der Waals surface area contributed by atoms with Crippen LogP contribution in [-0.2, 0) is 16.4 Å². The Labute approximate surface area is 109 Å². The van der Waals surface area contributed by atoms with Gasteiger partial charge < -0.3 is 5.73 Å². The molecule has 3 N–H and O–H groups in total. The topological polar surface area (TPSA) is 98.0 Å². The number of nitrogens with one attached hydrogen (secondary N) is 1. The Morgan fingerprint density at radius 3 is 2.78 bits per heavy atom. The molecular formula is C10H12N4O2S2. The van der Waals surface area contributed by atoms with Crippen molar-refractivity contribution in [2.45, 2.75) is 18.2 Å². The molecule has 0 bridgehead atoms. The number of anilines is 2. The van der Waals surface area contributed by atoms with Crippen LogP contribution in [0.25, 0.3) is 0 Å². The van der Waals surface area contributed by atoms with E-state index in [-0.39, 0.29) is 4.90 Å². The molecular weight excluding hydrogens is 272 g/mol. The number of rotatable bonds is 4. The summed E-state index contributed by atoms with van der Waals surface area (Å²) in [7, 11) is -3.63. The van der Waals surface area contributed by atoms with Crippen molar-refractivity contribution in [1.29, 1.82) is 0 Å². The van der Waals surface area contributed by atoms with Gasteiger partial charge in [-0.2, -0.15) is 0 Å². The zero-order valence-corrected chi connectivity index (χ0v) is 11.3. The number of aromatic nitrogens is 2. The lowest BCUT2D eigenvalue weighted by Crippen LogP contribution is -2.12. The van der Waals surface area contributed by atoms with Crippen LogP contribution in [0.2, 0.25) is 0 Å². The van der Waals surface area contributed by atoms with Gasteiger partial charge in [-0.1, -0.05) is 17.5 Å². The smallest absolute Gasteiger partial charge is 0.262 e. The number of nitrogens with zero attached hydrogens (tertiary/aromatic N) is 2. The second-order valence-corrected chi connectivity index (χ2v) is 6.07. The van der Waals surface area contributed by atoms with Gasteiger partial charge >= 0.3 is 0 Å². The summed E-state index contributed by atoms with van der Waals surface area (Å²) in [5.41, 5.74) is 7.19. The molecule has 2 rings (SSSR count). The first-order valence-corrected chi connectivity index (χ1v) is 7.47. The number of sulfonamides is 1. The Morgan fingerprint density at radius 2 is 2.22 bits per heavy atom. The minimum atomic E-state index is -3.63. The van der Waals surface area contributed by atoms with E-state index in [9.17, 15) is 8.42 Å². The summed E-state index contributed by atoms with van der Waals surface area (Å²) in [6.45, 7) is 1.96. The van der Waals surface area contributed by atoms with Crippen molar-refractivity contribution >= 4 is 32.2 Å². The van der Waals surface area contributed by atoms with E-state index in [1.807, 2.05) is 6.92 Å². The van der Waals surface area contributed by atoms with Crippen molar-refractivity contribution < 1.29 is 8.42 Å². The first-order chi connectivity index (χ1) is 8.53. The molecule has 1 heterocycles. The summed E-state index contributed by atoms with van der Waals surface area (Å²) < 4.78 is 30.0. The van der Waals surface area contributed by atoms with Gasteiger partial charge in [0.1, 0.15) is 5.00 Å². The predicted octanol–water partition coefficient (Wildman–Crippen LogP) is 1.48. The molecule has 2 aromatic rings. The van der Waals surface area contributed by atoms with Gasteiger partial charge in [0.05, 0.1) is 11.1 Å². The van der Waals surface area contributed by atoms with Crippen molar-refractivity contribution in [3.63, 3.8) is 0 Å². The molecule has 0 unspecified atom stereocenters. The third-order valence-electron chi connectivity index (χ3n) is 2.40. The first kappa shape index (κ1) is 12.8. The third kappa shape index (κ3) is 2.59. The molecule has 0 fully saturated rings. The third-order valence-corrected chi connectivity index (χ3v) is 4.48. The lowest BCUT2D eigenvalue weighted by Gasteiger charge is -2.08. The van der Waals surface area contributed by atoms with Crippen LogP contribution in [0.3, 0.4) is 0 Å². The Kier molecular flexibility index (Phi) is 3.48. The maximum Gasteiger partial charge on any atom is 0.262 e. The van der Waals surface area contributed by atoms with Crippen LogP contribution < -0.4 is 10.5 Å². The fraction of sp³-hybridized carbons (Fsp3) is 0.200. The van der Waals surface area contributed by atoms with E-state index in [1.54, 1.807) is 6.07 Å². The zero-order chi connectivity index (χ0) is 13.2. The van der Waals surface area contributed by atoms with Crippen LogP contribution in [0.5, 0.6) is 0 Å². The highest BCUT2D eigenvalue weighted by molar-refractivity contribution is 7.93. The molecule has 6 nitrogen and oxygen atoms in total. The lowest BCUT2D eigenvalue weighted by atomic mass is 10.1. The molecule has 1 aromatic carbocycles. The molecule has 0 aliphatic rings. The SMILES string of the molecule is CCc1ccc(S(=O)(=O)Nc2cnns2)cc1N. The van der Waals surface area contributed by atoms with E-state index in [1.165, 1.54) is 18.3 Å². The number of hydrogen-bond acceptors (Lipinski definition) is 6. The Morgan fingerprint density at radius 1 is 1.44 bits per heavy atom. The fourth-order valence-electron chi connectivity index (χ4n) is 1.47. The van der Waals surface area contributed by atoms with Gasteiger partial charge in [0, 0.05) is 17.2 Å². The number of nitrogens with two attached hydrogens (primary N) is 1. The minimum Gasteiger partial charge on any atom is -0.398 e. The maximum atomic E-state index is 12.0. The molecule has 1 aromatic heterocycles. The Hall–Kier alpha value is -1.67. The average Bonchev–Trinajstić information content (AvgIpc) is 2.81. The standard InChI is InChI=1S/C10H12N4O2S2/c1-2-7-3-4-8(5-9(7)11)18(15,16)13-10-6-12-14-17-10/h3-6,13H,2,11H2,1H3. The normalized spacial score (nSPS) is 11.4. The predicted molar refractivity (Wildman–Crippen MR) is 70.9 cm³/mol. The van der Waals surface area contributed by atoms with Gasteiger partial charge in [0.25, 0.3) is 10.0 Å². The molecule has 0 radical (unpaired) electrons. The number of hydrogen-bond donors (Lipinski definition) is 2. The lowest BCUT2D eigenvalue weighted by molar-refractivity contribution is 0.601. The Bertz CT molecular complexity index is 638. The van der Waals surface area contributed by atoms with Gasteiger partial charge in [-0.25, -0.2) is 8.42 Å². The molecule has 0 spiro atoms. The number of benzene rings is 1. The second kappa shape index (κ2) is 4.91. The van der Waals surface area contributed by atoms with Gasteiger partial charge in [0.15, 0.2) is 0 Å². The van der Waals surface area contributed by atoms with E-state index in [0.29, 0.717) is 10.7 Å². The monoisotopic (exact) mass is 284 g/mol. The van der Waals surface area contributed by atoms with Crippen LogP contribution in [0.15, 0.2) is 29.3 Å². The van der Waals surface area contributed by atoms with Crippen LogP contribution >= 0.6 is 11.5 Å². The summed E-state index contributed by atoms with van der Waals surface area (Å²) in [6.07, 6.45) is 2.12. The quantitative estimate of drug-likeness (QED) is 0.829. The fourth-order valence-corrected chi connectivity index (χ4v) is 3.19. The molecule has 0 atom stereocenters. The second-order valence-electron chi connectivity index (χ2n) is 3.60. The van der Waals surface area contributed by atoms with Crippen LogP contribution in [0.1, 0.15) is 12.5 Å². The number of nitrogen functional groups attached to an aromatic ring is 1. The van der Waals surface area contributed by atoms with Crippen molar-refractivity contribution in [2.24, 2.45) is 0 Å². The first-order valence-electron chi connectivity index (χ1n) is 5.21. The largest absolute Gasteiger partial charge is 0.398 e. The highest BCUT2D eigenvalue weighted by Gasteiger charge is 2.16. The molecule has 0 aliphatic carbocycles. The van der Waals surface area contributed by atoms with E-state index >= 15 is 0 Å². The minimum absolute atomic E-state index is 0.130. The maximum absolute atomic E-state index is 12.0. The molecule has 0 saturated heterocycles. The molecule has 0 saturated carbocycles. The summed E-state index contributed by atoms with van der Waals surface area (Å²) in [4.78, 5) is 0.130. The molecule has 0 amide bonds. The van der Waals surface area contributed by atoms with Crippen molar-refractivity contribution in [3.05, 3.63) is 30.0 Å². The average molecular weight is 284 g/mol.